The molecule has 1 aliphatic heterocycles. The van der Waals surface area contributed by atoms with E-state index in [0.29, 0.717) is 12.6 Å². The van der Waals surface area contributed by atoms with Crippen molar-refractivity contribution in [3.63, 3.8) is 0 Å². The van der Waals surface area contributed by atoms with Gasteiger partial charge in [-0.3, -0.25) is 4.90 Å². The lowest BCUT2D eigenvalue weighted by molar-refractivity contribution is 0.165. The van der Waals surface area contributed by atoms with Crippen LogP contribution < -0.4 is 5.32 Å². The summed E-state index contributed by atoms with van der Waals surface area (Å²) in [6, 6.07) is 7.37. The summed E-state index contributed by atoms with van der Waals surface area (Å²) >= 11 is 0. The third kappa shape index (κ3) is 7.66. The van der Waals surface area contributed by atoms with Crippen LogP contribution in [0.1, 0.15) is 62.6 Å². The summed E-state index contributed by atoms with van der Waals surface area (Å²) in [6.07, 6.45) is 11.1. The Balaban J connectivity index is 1.58. The Bertz CT molecular complexity index is 812. The molecule has 6 heteroatoms. The summed E-state index contributed by atoms with van der Waals surface area (Å²) in [5.74, 6) is 0.934. The van der Waals surface area contributed by atoms with Crippen LogP contribution in [-0.4, -0.2) is 56.0 Å². The lowest BCUT2D eigenvalue weighted by Gasteiger charge is -2.35. The van der Waals surface area contributed by atoms with Crippen molar-refractivity contribution in [2.45, 2.75) is 65.5 Å². The topological polar surface area (TPSA) is 52.5 Å². The second kappa shape index (κ2) is 12.6. The number of nitrogens with one attached hydrogen (secondary N) is 1. The van der Waals surface area contributed by atoms with Crippen LogP contribution in [0.2, 0.25) is 0 Å². The number of rotatable bonds is 10. The summed E-state index contributed by atoms with van der Waals surface area (Å²) in [4.78, 5) is 13.6. The molecule has 0 aromatic heterocycles. The van der Waals surface area contributed by atoms with Crippen LogP contribution in [0.25, 0.3) is 0 Å². The quantitative estimate of drug-likeness (QED) is 0.330. The van der Waals surface area contributed by atoms with Crippen LogP contribution in [0, 0.1) is 5.92 Å². The second-order valence-corrected chi connectivity index (χ2v) is 9.22. The van der Waals surface area contributed by atoms with Gasteiger partial charge in [0.25, 0.3) is 0 Å². The van der Waals surface area contributed by atoms with Crippen molar-refractivity contribution in [1.29, 1.82) is 0 Å². The number of benzene rings is 1. The van der Waals surface area contributed by atoms with Crippen LogP contribution in [0.4, 0.5) is 0 Å². The number of hydrogen-bond acceptors (Lipinski definition) is 4. The Morgan fingerprint density at radius 1 is 1.31 bits per heavy atom. The third-order valence-electron chi connectivity index (χ3n) is 6.39. The first-order valence-electron chi connectivity index (χ1n) is 12.2. The molecule has 176 valence electrons. The summed E-state index contributed by atoms with van der Waals surface area (Å²) in [5.41, 5.74) is 5.29. The Morgan fingerprint density at radius 3 is 2.88 bits per heavy atom. The summed E-state index contributed by atoms with van der Waals surface area (Å²) in [7, 11) is 3.92. The monoisotopic (exact) mass is 439 g/mol. The van der Waals surface area contributed by atoms with E-state index < -0.39 is 0 Å². The van der Waals surface area contributed by atoms with E-state index in [-0.39, 0.29) is 0 Å². The number of unbranched alkanes of at least 4 members (excludes halogenated alkanes) is 1. The standard InChI is InChI=1S/C26H41N5O/c1-5-6-14-32-26(28-16-21(2)27-3)29-20-30(4)17-23-10-11-24-12-13-31(19-25(24)15-23)18-22-8-7-9-22/h10-11,15-16,20,22,27H,5-9,12-14,17-19H2,1-4H3/b21-16+,28-26+,29-20+. The van der Waals surface area contributed by atoms with E-state index in [1.54, 1.807) is 6.20 Å². The minimum atomic E-state index is 0.400. The molecule has 0 atom stereocenters. The minimum Gasteiger partial charge on any atom is -0.463 e. The molecule has 0 radical (unpaired) electrons. The molecule has 6 nitrogen and oxygen atoms in total. The Hall–Kier alpha value is -2.34. The fourth-order valence-corrected chi connectivity index (χ4v) is 4.07. The zero-order chi connectivity index (χ0) is 22.8. The molecule has 1 aromatic carbocycles. The summed E-state index contributed by atoms with van der Waals surface area (Å²) in [5, 5.41) is 3.06. The minimum absolute atomic E-state index is 0.400. The van der Waals surface area contributed by atoms with Crippen molar-refractivity contribution in [2.24, 2.45) is 15.9 Å². The van der Waals surface area contributed by atoms with Crippen LogP contribution in [0.15, 0.2) is 40.1 Å². The zero-order valence-electron chi connectivity index (χ0n) is 20.4. The van der Waals surface area contributed by atoms with Crippen molar-refractivity contribution in [2.75, 3.05) is 33.8 Å². The maximum atomic E-state index is 5.76. The summed E-state index contributed by atoms with van der Waals surface area (Å²) in [6.45, 7) is 9.13. The molecule has 1 aliphatic carbocycles. The molecule has 2 aliphatic rings. The van der Waals surface area contributed by atoms with Crippen molar-refractivity contribution < 1.29 is 4.74 Å². The molecule has 0 unspecified atom stereocenters. The van der Waals surface area contributed by atoms with Crippen molar-refractivity contribution >= 4 is 12.4 Å². The van der Waals surface area contributed by atoms with Gasteiger partial charge in [-0.05, 0) is 55.2 Å². The van der Waals surface area contributed by atoms with Gasteiger partial charge in [0, 0.05) is 46.0 Å². The fraction of sp³-hybridized carbons (Fsp3) is 0.615. The summed E-state index contributed by atoms with van der Waals surface area (Å²) < 4.78 is 5.76. The zero-order valence-corrected chi connectivity index (χ0v) is 20.4. The molecule has 0 saturated heterocycles. The number of nitrogens with zero attached hydrogens (tertiary/aromatic N) is 4. The largest absolute Gasteiger partial charge is 0.463 e. The van der Waals surface area contributed by atoms with Gasteiger partial charge in [0.2, 0.25) is 0 Å². The van der Waals surface area contributed by atoms with Gasteiger partial charge in [0.15, 0.2) is 0 Å². The highest BCUT2D eigenvalue weighted by Crippen LogP contribution is 2.29. The Kier molecular flexibility index (Phi) is 9.60. The molecule has 1 N–H and O–H groups in total. The van der Waals surface area contributed by atoms with Gasteiger partial charge in [-0.2, -0.15) is 4.99 Å². The molecule has 1 heterocycles. The van der Waals surface area contributed by atoms with Gasteiger partial charge >= 0.3 is 6.02 Å². The van der Waals surface area contributed by atoms with E-state index in [9.17, 15) is 0 Å². The molecule has 1 saturated carbocycles. The Morgan fingerprint density at radius 2 is 2.16 bits per heavy atom. The number of amidine groups is 1. The molecule has 0 amide bonds. The van der Waals surface area contributed by atoms with E-state index >= 15 is 0 Å². The maximum Gasteiger partial charge on any atom is 0.317 e. The SMILES string of the molecule is CCCCOC(/N=C/N(C)Cc1ccc2c(c1)CN(CC1CCC1)CC2)=N/C=C(\C)NC. The molecule has 1 fully saturated rings. The van der Waals surface area contributed by atoms with Gasteiger partial charge in [-0.1, -0.05) is 38.0 Å². The van der Waals surface area contributed by atoms with E-state index in [0.717, 1.165) is 37.5 Å². The first-order valence-corrected chi connectivity index (χ1v) is 12.2. The predicted octanol–water partition coefficient (Wildman–Crippen LogP) is 4.56. The number of allylic oxidation sites excluding steroid dienone is 1. The third-order valence-corrected chi connectivity index (χ3v) is 6.39. The van der Waals surface area contributed by atoms with E-state index in [4.69, 9.17) is 4.74 Å². The van der Waals surface area contributed by atoms with Gasteiger partial charge in [-0.25, -0.2) is 4.99 Å². The lowest BCUT2D eigenvalue weighted by atomic mass is 9.84. The average Bonchev–Trinajstić information content (AvgIpc) is 2.77. The maximum absolute atomic E-state index is 5.76. The molecule has 1 aromatic rings. The Labute approximate surface area is 194 Å². The predicted molar refractivity (Wildman–Crippen MR) is 134 cm³/mol. The molecular formula is C26H41N5O. The van der Waals surface area contributed by atoms with Gasteiger partial charge in [0.05, 0.1) is 19.1 Å². The van der Waals surface area contributed by atoms with E-state index in [2.05, 4.69) is 50.2 Å². The molecule has 3 rings (SSSR count). The lowest BCUT2D eigenvalue weighted by Crippen LogP contribution is -2.36. The highest BCUT2D eigenvalue weighted by molar-refractivity contribution is 5.83. The smallest absolute Gasteiger partial charge is 0.317 e. The average molecular weight is 440 g/mol. The van der Waals surface area contributed by atoms with Gasteiger partial charge in [-0.15, -0.1) is 0 Å². The van der Waals surface area contributed by atoms with Crippen LogP contribution >= 0.6 is 0 Å². The van der Waals surface area contributed by atoms with Gasteiger partial charge < -0.3 is 15.0 Å². The molecule has 0 spiro atoms. The highest BCUT2D eigenvalue weighted by Gasteiger charge is 2.23. The number of hydrogen-bond donors (Lipinski definition) is 1. The van der Waals surface area contributed by atoms with Crippen LogP contribution in [-0.2, 0) is 24.2 Å². The molecule has 32 heavy (non-hydrogen) atoms. The second-order valence-electron chi connectivity index (χ2n) is 9.22. The van der Waals surface area contributed by atoms with Crippen molar-refractivity contribution in [3.8, 4) is 0 Å². The number of aliphatic imine (C=N–C) groups is 2. The molecular weight excluding hydrogens is 398 g/mol. The normalized spacial score (nSPS) is 17.9. The highest BCUT2D eigenvalue weighted by atomic mass is 16.5. The van der Waals surface area contributed by atoms with Crippen molar-refractivity contribution in [1.82, 2.24) is 15.1 Å². The van der Waals surface area contributed by atoms with Crippen LogP contribution in [0.3, 0.4) is 0 Å². The molecule has 0 bridgehead atoms. The van der Waals surface area contributed by atoms with Crippen molar-refractivity contribution in [3.05, 3.63) is 46.8 Å². The van der Waals surface area contributed by atoms with Crippen LogP contribution in [0.5, 0.6) is 0 Å². The first kappa shape index (κ1) is 24.3. The first-order chi connectivity index (χ1) is 15.6. The van der Waals surface area contributed by atoms with E-state index in [1.165, 1.54) is 55.5 Å². The number of fused-ring (bicyclic) bond motifs is 1. The van der Waals surface area contributed by atoms with Gasteiger partial charge in [0.1, 0.15) is 0 Å². The van der Waals surface area contributed by atoms with E-state index in [1.807, 2.05) is 27.4 Å². The number of ether oxygens (including phenoxy) is 1. The fourth-order valence-electron chi connectivity index (χ4n) is 4.07.